The van der Waals surface area contributed by atoms with Crippen molar-refractivity contribution in [2.45, 2.75) is 64.7 Å². The number of ether oxygens (including phenoxy) is 5. The minimum absolute atomic E-state index is 0.00377. The summed E-state index contributed by atoms with van der Waals surface area (Å²) in [5, 5.41) is 2.73. The molecule has 4 atom stereocenters. The molecule has 0 radical (unpaired) electrons. The lowest BCUT2D eigenvalue weighted by molar-refractivity contribution is -0.156. The first-order valence-electron chi connectivity index (χ1n) is 12.4. The van der Waals surface area contributed by atoms with Gasteiger partial charge < -0.3 is 29.0 Å². The topological polar surface area (TPSA) is 122 Å². The maximum atomic E-state index is 13.2. The maximum absolute atomic E-state index is 13.2. The molecular weight excluding hydrogens is 480 g/mol. The highest BCUT2D eigenvalue weighted by Crippen LogP contribution is 2.31. The van der Waals surface area contributed by atoms with E-state index in [-0.39, 0.29) is 29.2 Å². The molecule has 2 heterocycles. The monoisotopic (exact) mass is 514 g/mol. The van der Waals surface area contributed by atoms with E-state index < -0.39 is 36.8 Å². The third-order valence-corrected chi connectivity index (χ3v) is 6.20. The van der Waals surface area contributed by atoms with E-state index in [1.165, 1.54) is 26.3 Å². The second-order valence-corrected chi connectivity index (χ2v) is 8.75. The lowest BCUT2D eigenvalue weighted by atomic mass is 9.90. The van der Waals surface area contributed by atoms with Gasteiger partial charge in [0.05, 0.1) is 7.11 Å². The van der Waals surface area contributed by atoms with Crippen LogP contribution in [0.25, 0.3) is 0 Å². The first-order valence-corrected chi connectivity index (χ1v) is 12.4. The summed E-state index contributed by atoms with van der Waals surface area (Å²) >= 11 is 0. The summed E-state index contributed by atoms with van der Waals surface area (Å²) in [6, 6.07) is 10.1. The van der Waals surface area contributed by atoms with Crippen molar-refractivity contribution in [3.63, 3.8) is 0 Å². The molecule has 0 aliphatic carbocycles. The van der Waals surface area contributed by atoms with E-state index in [9.17, 15) is 14.4 Å². The summed E-state index contributed by atoms with van der Waals surface area (Å²) in [6.45, 7) is 4.70. The number of hydrogen-bond donors (Lipinski definition) is 1. The van der Waals surface area contributed by atoms with Crippen LogP contribution in [-0.4, -0.2) is 55.0 Å². The molecule has 3 rings (SSSR count). The average Bonchev–Trinajstić information content (AvgIpc) is 2.93. The van der Waals surface area contributed by atoms with Gasteiger partial charge in [0, 0.05) is 19.2 Å². The first-order chi connectivity index (χ1) is 17.8. The van der Waals surface area contributed by atoms with Crippen LogP contribution in [0.2, 0.25) is 0 Å². The van der Waals surface area contributed by atoms with E-state index in [0.717, 1.165) is 12.8 Å². The molecule has 4 unspecified atom stereocenters. The lowest BCUT2D eigenvalue weighted by Gasteiger charge is -2.31. The van der Waals surface area contributed by atoms with E-state index in [2.05, 4.69) is 17.2 Å². The molecule has 1 amide bonds. The molecule has 200 valence electrons. The number of nitrogens with one attached hydrogen (secondary N) is 1. The molecule has 2 aromatic rings. The number of carbonyl (C=O) groups excluding carboxylic acids is 3. The SMILES string of the molecule is CCC1CCCC(NC(=O)c2nccc(OC)c2OCOC(C)=O)C(=O)OC(C)C1Oc1ccccc1. The second kappa shape index (κ2) is 13.5. The number of nitrogens with zero attached hydrogens (tertiary/aromatic N) is 1. The summed E-state index contributed by atoms with van der Waals surface area (Å²) in [5.74, 6) is -0.641. The number of aromatic nitrogens is 1. The van der Waals surface area contributed by atoms with Crippen LogP contribution in [0.5, 0.6) is 17.2 Å². The predicted molar refractivity (Wildman–Crippen MR) is 133 cm³/mol. The smallest absolute Gasteiger partial charge is 0.329 e. The van der Waals surface area contributed by atoms with Crippen molar-refractivity contribution in [3.8, 4) is 17.2 Å². The minimum Gasteiger partial charge on any atom is -0.493 e. The van der Waals surface area contributed by atoms with Crippen molar-refractivity contribution in [3.05, 3.63) is 48.3 Å². The minimum atomic E-state index is -0.891. The van der Waals surface area contributed by atoms with Gasteiger partial charge in [-0.05, 0) is 44.2 Å². The Morgan fingerprint density at radius 2 is 1.92 bits per heavy atom. The van der Waals surface area contributed by atoms with Crippen molar-refractivity contribution in [2.75, 3.05) is 13.9 Å². The Balaban J connectivity index is 1.76. The molecule has 1 fully saturated rings. The number of cyclic esters (lactones) is 1. The van der Waals surface area contributed by atoms with Crippen LogP contribution in [0.1, 0.15) is 56.9 Å². The van der Waals surface area contributed by atoms with E-state index >= 15 is 0 Å². The molecule has 1 aromatic carbocycles. The van der Waals surface area contributed by atoms with E-state index in [0.29, 0.717) is 18.6 Å². The largest absolute Gasteiger partial charge is 0.493 e. The Hall–Kier alpha value is -3.82. The second-order valence-electron chi connectivity index (χ2n) is 8.75. The highest BCUT2D eigenvalue weighted by Gasteiger charge is 2.35. The molecule has 37 heavy (non-hydrogen) atoms. The fourth-order valence-corrected chi connectivity index (χ4v) is 4.29. The van der Waals surface area contributed by atoms with Crippen LogP contribution in [-0.2, 0) is 19.1 Å². The number of benzene rings is 1. The van der Waals surface area contributed by atoms with Crippen LogP contribution < -0.4 is 19.5 Å². The van der Waals surface area contributed by atoms with Gasteiger partial charge in [-0.15, -0.1) is 0 Å². The summed E-state index contributed by atoms with van der Waals surface area (Å²) in [5.41, 5.74) is -0.107. The average molecular weight is 515 g/mol. The number of rotatable bonds is 9. The lowest BCUT2D eigenvalue weighted by Crippen LogP contribution is -2.45. The number of esters is 2. The summed E-state index contributed by atoms with van der Waals surface area (Å²) in [4.78, 5) is 41.5. The molecular formula is C27H34N2O8. The number of carbonyl (C=O) groups is 3. The molecule has 1 aromatic heterocycles. The number of amides is 1. The quantitative estimate of drug-likeness (QED) is 0.394. The molecule has 1 saturated heterocycles. The van der Waals surface area contributed by atoms with Crippen LogP contribution in [0.15, 0.2) is 42.6 Å². The van der Waals surface area contributed by atoms with Gasteiger partial charge in [-0.2, -0.15) is 0 Å². The molecule has 10 nitrogen and oxygen atoms in total. The molecule has 0 bridgehead atoms. The fourth-order valence-electron chi connectivity index (χ4n) is 4.29. The Labute approximate surface area is 216 Å². The third-order valence-electron chi connectivity index (χ3n) is 6.20. The Bertz CT molecular complexity index is 1060. The van der Waals surface area contributed by atoms with Crippen LogP contribution in [0, 0.1) is 5.92 Å². The first kappa shape index (κ1) is 27.8. The zero-order valence-corrected chi connectivity index (χ0v) is 21.6. The Morgan fingerprint density at radius 1 is 1.16 bits per heavy atom. The molecule has 1 aliphatic rings. The molecule has 1 aliphatic heterocycles. The van der Waals surface area contributed by atoms with E-state index in [4.69, 9.17) is 23.7 Å². The number of methoxy groups -OCH3 is 1. The van der Waals surface area contributed by atoms with Gasteiger partial charge in [0.1, 0.15) is 24.0 Å². The van der Waals surface area contributed by atoms with Gasteiger partial charge in [-0.3, -0.25) is 9.59 Å². The van der Waals surface area contributed by atoms with Crippen molar-refractivity contribution >= 4 is 17.8 Å². The maximum Gasteiger partial charge on any atom is 0.329 e. The van der Waals surface area contributed by atoms with Gasteiger partial charge >= 0.3 is 11.9 Å². The highest BCUT2D eigenvalue weighted by atomic mass is 16.7. The summed E-state index contributed by atoms with van der Waals surface area (Å²) in [7, 11) is 1.41. The van der Waals surface area contributed by atoms with Crippen LogP contribution >= 0.6 is 0 Å². The molecule has 10 heteroatoms. The van der Waals surface area contributed by atoms with E-state index in [1.807, 2.05) is 37.3 Å². The highest BCUT2D eigenvalue weighted by molar-refractivity contribution is 5.98. The summed E-state index contributed by atoms with van der Waals surface area (Å²) < 4.78 is 27.6. The third kappa shape index (κ3) is 7.58. The van der Waals surface area contributed by atoms with Gasteiger partial charge in [0.25, 0.3) is 5.91 Å². The zero-order valence-electron chi connectivity index (χ0n) is 21.6. The summed E-state index contributed by atoms with van der Waals surface area (Å²) in [6.07, 6.45) is 3.25. The number of pyridine rings is 1. The van der Waals surface area contributed by atoms with Gasteiger partial charge in [0.15, 0.2) is 17.2 Å². The molecule has 0 saturated carbocycles. The molecule has 1 N–H and O–H groups in total. The normalized spacial score (nSPS) is 21.9. The van der Waals surface area contributed by atoms with Gasteiger partial charge in [-0.25, -0.2) is 9.78 Å². The Kier molecular flexibility index (Phi) is 10.1. The van der Waals surface area contributed by atoms with Crippen molar-refractivity contribution in [1.82, 2.24) is 10.3 Å². The zero-order chi connectivity index (χ0) is 26.8. The fraction of sp³-hybridized carbons (Fsp3) is 0.481. The van der Waals surface area contributed by atoms with Crippen molar-refractivity contribution in [2.24, 2.45) is 5.92 Å². The van der Waals surface area contributed by atoms with Crippen molar-refractivity contribution < 1.29 is 38.1 Å². The number of hydrogen-bond acceptors (Lipinski definition) is 9. The number of para-hydroxylation sites is 1. The van der Waals surface area contributed by atoms with Crippen molar-refractivity contribution in [1.29, 1.82) is 0 Å². The van der Waals surface area contributed by atoms with Crippen LogP contribution in [0.3, 0.4) is 0 Å². The molecule has 0 spiro atoms. The van der Waals surface area contributed by atoms with E-state index in [1.54, 1.807) is 0 Å². The van der Waals surface area contributed by atoms with Gasteiger partial charge in [-0.1, -0.05) is 31.5 Å². The predicted octanol–water partition coefficient (Wildman–Crippen LogP) is 3.68. The van der Waals surface area contributed by atoms with Gasteiger partial charge in [0.2, 0.25) is 6.79 Å². The Morgan fingerprint density at radius 3 is 2.59 bits per heavy atom. The van der Waals surface area contributed by atoms with Crippen LogP contribution in [0.4, 0.5) is 0 Å². The standard InChI is InChI=1S/C27H34N2O8/c1-5-19-10-9-13-21(27(32)36-17(2)24(19)37-20-11-7-6-8-12-20)29-26(31)23-25(35-16-34-18(3)30)22(33-4)14-15-28-23/h6-8,11-12,14-15,17,19,21,24H,5,9-10,13,16H2,1-4H3,(H,29,31).